The van der Waals surface area contributed by atoms with Crippen molar-refractivity contribution in [2.45, 2.75) is 33.6 Å². The van der Waals surface area contributed by atoms with Gasteiger partial charge >= 0.3 is 0 Å². The summed E-state index contributed by atoms with van der Waals surface area (Å²) in [5, 5.41) is 0. The van der Waals surface area contributed by atoms with Gasteiger partial charge in [-0.3, -0.25) is 0 Å². The second kappa shape index (κ2) is 3.02. The Bertz CT molecular complexity index is 234. The molecule has 0 aromatic heterocycles. The van der Waals surface area contributed by atoms with Gasteiger partial charge in [-0.15, -0.1) is 0 Å². The molecule has 1 heterocycles. The van der Waals surface area contributed by atoms with Crippen molar-refractivity contribution in [1.82, 2.24) is 0 Å². The van der Waals surface area contributed by atoms with Gasteiger partial charge in [-0.2, -0.15) is 0 Å². The van der Waals surface area contributed by atoms with Gasteiger partial charge in [0.1, 0.15) is 0 Å². The standard InChI is InChI=1S/C7H12O2S.C2H6/c1-6-2-7(3-6)4-10(8,9)5-7;1-2/h6H,2-5H2,1H3;1-2H3. The fourth-order valence-electron chi connectivity index (χ4n) is 2.55. The van der Waals surface area contributed by atoms with Crippen LogP contribution in [0.1, 0.15) is 33.6 Å². The third-order valence-electron chi connectivity index (χ3n) is 2.62. The Morgan fingerprint density at radius 3 is 1.83 bits per heavy atom. The van der Waals surface area contributed by atoms with Crippen LogP contribution in [0.25, 0.3) is 0 Å². The first-order valence-electron chi connectivity index (χ1n) is 4.72. The molecule has 72 valence electrons. The molecule has 1 saturated heterocycles. The van der Waals surface area contributed by atoms with E-state index in [2.05, 4.69) is 6.92 Å². The van der Waals surface area contributed by atoms with E-state index in [-0.39, 0.29) is 5.41 Å². The number of hydrogen-bond donors (Lipinski definition) is 0. The Morgan fingerprint density at radius 2 is 1.58 bits per heavy atom. The zero-order chi connectivity index (χ0) is 9.41. The third kappa shape index (κ3) is 1.65. The van der Waals surface area contributed by atoms with Crippen LogP contribution in [0.15, 0.2) is 0 Å². The lowest BCUT2D eigenvalue weighted by atomic mass is 9.64. The van der Waals surface area contributed by atoms with Gasteiger partial charge < -0.3 is 0 Å². The summed E-state index contributed by atoms with van der Waals surface area (Å²) < 4.78 is 21.6. The second-order valence-electron chi connectivity index (χ2n) is 4.05. The Hall–Kier alpha value is -0.0500. The predicted molar refractivity (Wildman–Crippen MR) is 50.8 cm³/mol. The molecule has 0 atom stereocenters. The van der Waals surface area contributed by atoms with Crippen molar-refractivity contribution in [3.63, 3.8) is 0 Å². The van der Waals surface area contributed by atoms with E-state index < -0.39 is 9.84 Å². The number of rotatable bonds is 0. The summed E-state index contributed by atoms with van der Waals surface area (Å²) in [6, 6.07) is 0. The number of sulfone groups is 1. The van der Waals surface area contributed by atoms with Gasteiger partial charge in [0.2, 0.25) is 0 Å². The summed E-state index contributed by atoms with van der Waals surface area (Å²) in [5.74, 6) is 1.73. The van der Waals surface area contributed by atoms with E-state index in [1.165, 1.54) is 0 Å². The molecular formula is C9H18O2S. The second-order valence-corrected chi connectivity index (χ2v) is 6.11. The molecule has 12 heavy (non-hydrogen) atoms. The van der Waals surface area contributed by atoms with Crippen molar-refractivity contribution in [3.05, 3.63) is 0 Å². The summed E-state index contributed by atoms with van der Waals surface area (Å²) in [7, 11) is -2.57. The molecule has 3 heteroatoms. The lowest BCUT2D eigenvalue weighted by Crippen LogP contribution is -2.55. The van der Waals surface area contributed by atoms with Crippen LogP contribution in [0.5, 0.6) is 0 Å². The summed E-state index contributed by atoms with van der Waals surface area (Å²) in [6.07, 6.45) is 2.29. The van der Waals surface area contributed by atoms with Gasteiger partial charge in [0.25, 0.3) is 0 Å². The Balaban J connectivity index is 0.000000336. The molecule has 1 saturated carbocycles. The molecule has 2 aliphatic rings. The molecule has 0 amide bonds. The molecule has 2 rings (SSSR count). The molecule has 0 unspecified atom stereocenters. The molecule has 2 nitrogen and oxygen atoms in total. The summed E-state index contributed by atoms with van der Waals surface area (Å²) in [5.41, 5.74) is 0.262. The predicted octanol–water partition coefficient (Wildman–Crippen LogP) is 1.86. The van der Waals surface area contributed by atoms with Crippen LogP contribution in [0.4, 0.5) is 0 Å². The molecule has 0 aromatic carbocycles. The Kier molecular flexibility index (Phi) is 2.52. The molecule has 0 bridgehead atoms. The highest BCUT2D eigenvalue weighted by molar-refractivity contribution is 7.92. The molecule has 1 aliphatic heterocycles. The van der Waals surface area contributed by atoms with Crippen molar-refractivity contribution >= 4 is 9.84 Å². The topological polar surface area (TPSA) is 34.1 Å². The van der Waals surface area contributed by atoms with Crippen molar-refractivity contribution in [1.29, 1.82) is 0 Å². The smallest absolute Gasteiger partial charge is 0.151 e. The zero-order valence-electron chi connectivity index (χ0n) is 8.13. The van der Waals surface area contributed by atoms with E-state index in [0.29, 0.717) is 11.5 Å². The fourth-order valence-corrected chi connectivity index (χ4v) is 4.80. The fraction of sp³-hybridized carbons (Fsp3) is 1.00. The van der Waals surface area contributed by atoms with Gasteiger partial charge in [0.05, 0.1) is 11.5 Å². The first-order valence-corrected chi connectivity index (χ1v) is 6.54. The van der Waals surface area contributed by atoms with Crippen LogP contribution >= 0.6 is 0 Å². The quantitative estimate of drug-likeness (QED) is 0.584. The van der Waals surface area contributed by atoms with Crippen molar-refractivity contribution < 1.29 is 8.42 Å². The van der Waals surface area contributed by atoms with Crippen LogP contribution in [0.2, 0.25) is 0 Å². The SMILES string of the molecule is CC.CC1CC2(C1)CS(=O)(=O)C2. The third-order valence-corrected chi connectivity index (χ3v) is 4.72. The minimum atomic E-state index is -2.57. The summed E-state index contributed by atoms with van der Waals surface area (Å²) in [6.45, 7) is 6.19. The van der Waals surface area contributed by atoms with E-state index in [1.807, 2.05) is 13.8 Å². The van der Waals surface area contributed by atoms with Gasteiger partial charge in [-0.1, -0.05) is 20.8 Å². The molecule has 1 spiro atoms. The lowest BCUT2D eigenvalue weighted by molar-refractivity contribution is 0.100. The normalized spacial score (nSPS) is 29.6. The minimum Gasteiger partial charge on any atom is -0.229 e. The average Bonchev–Trinajstić information content (AvgIpc) is 1.85. The summed E-state index contributed by atoms with van der Waals surface area (Å²) >= 11 is 0. The van der Waals surface area contributed by atoms with E-state index in [0.717, 1.165) is 18.8 Å². The van der Waals surface area contributed by atoms with Crippen molar-refractivity contribution in [2.75, 3.05) is 11.5 Å². The number of hydrogen-bond acceptors (Lipinski definition) is 2. The van der Waals surface area contributed by atoms with Gasteiger partial charge in [0.15, 0.2) is 9.84 Å². The highest BCUT2D eigenvalue weighted by Crippen LogP contribution is 2.52. The summed E-state index contributed by atoms with van der Waals surface area (Å²) in [4.78, 5) is 0. The molecule has 2 fully saturated rings. The Labute approximate surface area is 75.3 Å². The van der Waals surface area contributed by atoms with Crippen LogP contribution in [0, 0.1) is 11.3 Å². The van der Waals surface area contributed by atoms with Gasteiger partial charge in [-0.25, -0.2) is 8.42 Å². The van der Waals surface area contributed by atoms with Crippen LogP contribution in [-0.2, 0) is 9.84 Å². The lowest BCUT2D eigenvalue weighted by Gasteiger charge is -2.52. The maximum absolute atomic E-state index is 10.8. The first-order chi connectivity index (χ1) is 5.52. The molecule has 1 aliphatic carbocycles. The van der Waals surface area contributed by atoms with Gasteiger partial charge in [0, 0.05) is 0 Å². The van der Waals surface area contributed by atoms with Crippen LogP contribution < -0.4 is 0 Å². The van der Waals surface area contributed by atoms with Crippen LogP contribution in [-0.4, -0.2) is 19.9 Å². The van der Waals surface area contributed by atoms with Crippen LogP contribution in [0.3, 0.4) is 0 Å². The minimum absolute atomic E-state index is 0.262. The maximum Gasteiger partial charge on any atom is 0.151 e. The van der Waals surface area contributed by atoms with Crippen molar-refractivity contribution in [3.8, 4) is 0 Å². The van der Waals surface area contributed by atoms with E-state index in [4.69, 9.17) is 0 Å². The van der Waals surface area contributed by atoms with Gasteiger partial charge in [-0.05, 0) is 24.2 Å². The molecule has 0 N–H and O–H groups in total. The monoisotopic (exact) mass is 190 g/mol. The molecular weight excluding hydrogens is 172 g/mol. The average molecular weight is 190 g/mol. The van der Waals surface area contributed by atoms with Crippen molar-refractivity contribution in [2.24, 2.45) is 11.3 Å². The van der Waals surface area contributed by atoms with E-state index in [9.17, 15) is 8.42 Å². The highest BCUT2D eigenvalue weighted by Gasteiger charge is 2.54. The van der Waals surface area contributed by atoms with E-state index in [1.54, 1.807) is 0 Å². The zero-order valence-corrected chi connectivity index (χ0v) is 8.95. The first kappa shape index (κ1) is 10.0. The highest BCUT2D eigenvalue weighted by atomic mass is 32.2. The largest absolute Gasteiger partial charge is 0.229 e. The van der Waals surface area contributed by atoms with E-state index >= 15 is 0 Å². The molecule has 0 aromatic rings. The Morgan fingerprint density at radius 1 is 1.17 bits per heavy atom. The maximum atomic E-state index is 10.8. The molecule has 0 radical (unpaired) electrons.